The van der Waals surface area contributed by atoms with Crippen molar-refractivity contribution in [3.63, 3.8) is 0 Å². The normalized spacial score (nSPS) is 11.9. The van der Waals surface area contributed by atoms with Gasteiger partial charge in [0.05, 0.1) is 27.2 Å². The number of hydrogen-bond donors (Lipinski definition) is 1. The molecule has 11 heteroatoms. The number of likely N-dealkylation sites (N-methyl/N-ethyl adjacent to an activating group) is 1. The summed E-state index contributed by atoms with van der Waals surface area (Å²) in [5.74, 6) is -0.660. The molecule has 0 heterocycles. The summed E-state index contributed by atoms with van der Waals surface area (Å²) in [7, 11) is -4.21. The first kappa shape index (κ1) is 31.3. The van der Waals surface area contributed by atoms with Crippen LogP contribution in [0.5, 0.6) is 5.75 Å². The number of para-hydroxylation sites is 2. The lowest BCUT2D eigenvalue weighted by Crippen LogP contribution is -2.51. The Labute approximate surface area is 245 Å². The molecule has 1 N–H and O–H groups in total. The minimum atomic E-state index is -4.21. The predicted octanol–water partition coefficient (Wildman–Crippen LogP) is 5.45. The van der Waals surface area contributed by atoms with E-state index in [4.69, 9.17) is 27.9 Å². The van der Waals surface area contributed by atoms with Crippen molar-refractivity contribution < 1.29 is 22.7 Å². The maximum Gasteiger partial charge on any atom is 0.264 e. The highest BCUT2D eigenvalue weighted by molar-refractivity contribution is 7.92. The zero-order valence-electron chi connectivity index (χ0n) is 22.9. The molecule has 0 fully saturated rings. The maximum atomic E-state index is 14.0. The summed E-state index contributed by atoms with van der Waals surface area (Å²) >= 11 is 12.3. The molecule has 2 amide bonds. The Morgan fingerprint density at radius 3 is 2.27 bits per heavy atom. The van der Waals surface area contributed by atoms with E-state index in [9.17, 15) is 18.0 Å². The smallest absolute Gasteiger partial charge is 0.264 e. The Morgan fingerprint density at radius 2 is 1.65 bits per heavy atom. The summed E-state index contributed by atoms with van der Waals surface area (Å²) in [6.07, 6.45) is 0. The minimum absolute atomic E-state index is 0.000447. The van der Waals surface area contributed by atoms with Crippen molar-refractivity contribution in [2.75, 3.05) is 24.0 Å². The third-order valence-electron chi connectivity index (χ3n) is 6.18. The predicted molar refractivity (Wildman–Crippen MR) is 158 cm³/mol. The number of hydrogen-bond acceptors (Lipinski definition) is 5. The van der Waals surface area contributed by atoms with Crippen LogP contribution in [0.4, 0.5) is 5.69 Å². The number of rotatable bonds is 12. The van der Waals surface area contributed by atoms with Crippen LogP contribution in [0.25, 0.3) is 0 Å². The van der Waals surface area contributed by atoms with Gasteiger partial charge in [-0.2, -0.15) is 0 Å². The Hall–Kier alpha value is -3.27. The number of sulfonamides is 1. The summed E-state index contributed by atoms with van der Waals surface area (Å²) in [5, 5.41) is 3.37. The zero-order valence-corrected chi connectivity index (χ0v) is 25.2. The second-order valence-electron chi connectivity index (χ2n) is 9.07. The number of nitrogens with one attached hydrogen (secondary N) is 1. The molecule has 0 unspecified atom stereocenters. The van der Waals surface area contributed by atoms with E-state index in [0.29, 0.717) is 34.5 Å². The van der Waals surface area contributed by atoms with Crippen LogP contribution < -0.4 is 14.4 Å². The summed E-state index contributed by atoms with van der Waals surface area (Å²) < 4.78 is 34.7. The molecule has 3 rings (SSSR count). The molecule has 3 aromatic rings. The molecule has 0 aliphatic rings. The average Bonchev–Trinajstić information content (AvgIpc) is 2.92. The molecule has 0 aliphatic heterocycles. The van der Waals surface area contributed by atoms with Crippen molar-refractivity contribution in [2.24, 2.45) is 0 Å². The summed E-state index contributed by atoms with van der Waals surface area (Å²) in [4.78, 5) is 28.2. The minimum Gasteiger partial charge on any atom is -0.492 e. The number of ether oxygens (including phenoxy) is 1. The first-order valence-electron chi connectivity index (χ1n) is 12.8. The SMILES string of the molecule is CCNC(=O)[C@H](C)N(Cc1ccc(Cl)c(Cl)c1)C(=O)CN(c1ccccc1OCC)S(=O)(=O)c1ccc(C)cc1. The van der Waals surface area contributed by atoms with E-state index in [1.165, 1.54) is 17.0 Å². The van der Waals surface area contributed by atoms with E-state index in [1.807, 2.05) is 6.92 Å². The third kappa shape index (κ3) is 7.47. The highest BCUT2D eigenvalue weighted by atomic mass is 35.5. The molecule has 0 radical (unpaired) electrons. The first-order chi connectivity index (χ1) is 19.0. The highest BCUT2D eigenvalue weighted by Crippen LogP contribution is 2.33. The molecule has 0 aliphatic carbocycles. The molecule has 214 valence electrons. The summed E-state index contributed by atoms with van der Waals surface area (Å²) in [6, 6.07) is 17.0. The van der Waals surface area contributed by atoms with Gasteiger partial charge in [-0.3, -0.25) is 13.9 Å². The molecule has 0 aromatic heterocycles. The average molecular weight is 607 g/mol. The number of carbonyl (C=O) groups excluding carboxylic acids is 2. The molecule has 3 aromatic carbocycles. The first-order valence-corrected chi connectivity index (χ1v) is 15.0. The Bertz CT molecular complexity index is 1450. The van der Waals surface area contributed by atoms with E-state index in [1.54, 1.807) is 75.4 Å². The van der Waals surface area contributed by atoms with Gasteiger partial charge in [-0.05, 0) is 69.7 Å². The number of aryl methyl sites for hydroxylation is 1. The van der Waals surface area contributed by atoms with Gasteiger partial charge in [0.1, 0.15) is 18.3 Å². The molecule has 0 spiro atoms. The van der Waals surface area contributed by atoms with E-state index in [0.717, 1.165) is 9.87 Å². The van der Waals surface area contributed by atoms with Crippen molar-refractivity contribution in [1.82, 2.24) is 10.2 Å². The summed E-state index contributed by atoms with van der Waals surface area (Å²) in [6.45, 7) is 7.09. The van der Waals surface area contributed by atoms with Crippen LogP contribution in [-0.2, 0) is 26.2 Å². The Kier molecular flexibility index (Phi) is 10.8. The lowest BCUT2D eigenvalue weighted by molar-refractivity contribution is -0.139. The van der Waals surface area contributed by atoms with E-state index in [-0.39, 0.29) is 23.0 Å². The number of anilines is 1. The van der Waals surface area contributed by atoms with Crippen molar-refractivity contribution in [1.29, 1.82) is 0 Å². The quantitative estimate of drug-likeness (QED) is 0.296. The van der Waals surface area contributed by atoms with Crippen LogP contribution in [0.3, 0.4) is 0 Å². The van der Waals surface area contributed by atoms with Crippen LogP contribution in [0, 0.1) is 6.92 Å². The van der Waals surface area contributed by atoms with Crippen molar-refractivity contribution in [3.05, 3.63) is 87.9 Å². The number of nitrogens with zero attached hydrogens (tertiary/aromatic N) is 2. The van der Waals surface area contributed by atoms with Crippen LogP contribution in [0.2, 0.25) is 10.0 Å². The van der Waals surface area contributed by atoms with Gasteiger partial charge in [0.15, 0.2) is 0 Å². The molecule has 40 heavy (non-hydrogen) atoms. The summed E-state index contributed by atoms with van der Waals surface area (Å²) in [5.41, 5.74) is 1.72. The van der Waals surface area contributed by atoms with Gasteiger partial charge in [0.25, 0.3) is 10.0 Å². The standard InChI is InChI=1S/C29H33Cl2N3O5S/c1-5-32-29(36)21(4)33(18-22-13-16-24(30)25(31)17-22)28(35)19-34(26-9-7-8-10-27(26)39-6-2)40(37,38)23-14-11-20(3)12-15-23/h7-17,21H,5-6,18-19H2,1-4H3,(H,32,36)/t21-/m0/s1. The maximum absolute atomic E-state index is 14.0. The van der Waals surface area contributed by atoms with E-state index >= 15 is 0 Å². The van der Waals surface area contributed by atoms with Gasteiger partial charge >= 0.3 is 0 Å². The molecular formula is C29H33Cl2N3O5S. The fraction of sp³-hybridized carbons (Fsp3) is 0.310. The molecule has 8 nitrogen and oxygen atoms in total. The monoisotopic (exact) mass is 605 g/mol. The topological polar surface area (TPSA) is 96.0 Å². The lowest BCUT2D eigenvalue weighted by atomic mass is 10.1. The van der Waals surface area contributed by atoms with Crippen LogP contribution >= 0.6 is 23.2 Å². The van der Waals surface area contributed by atoms with E-state index in [2.05, 4.69) is 5.32 Å². The van der Waals surface area contributed by atoms with Gasteiger partial charge in [0, 0.05) is 13.1 Å². The zero-order chi connectivity index (χ0) is 29.4. The fourth-order valence-electron chi connectivity index (χ4n) is 4.03. The van der Waals surface area contributed by atoms with Gasteiger partial charge in [-0.1, -0.05) is 59.1 Å². The lowest BCUT2D eigenvalue weighted by Gasteiger charge is -2.32. The van der Waals surface area contributed by atoms with Crippen molar-refractivity contribution in [3.8, 4) is 5.75 Å². The molecular weight excluding hydrogens is 573 g/mol. The van der Waals surface area contributed by atoms with E-state index < -0.39 is 28.5 Å². The third-order valence-corrected chi connectivity index (χ3v) is 8.69. The van der Waals surface area contributed by atoms with Crippen molar-refractivity contribution in [2.45, 2.75) is 45.2 Å². The molecule has 1 atom stereocenters. The van der Waals surface area contributed by atoms with Gasteiger partial charge in [0.2, 0.25) is 11.8 Å². The second kappa shape index (κ2) is 13.9. The molecule has 0 saturated heterocycles. The van der Waals surface area contributed by atoms with Gasteiger partial charge in [-0.15, -0.1) is 0 Å². The fourth-order valence-corrected chi connectivity index (χ4v) is 5.78. The Balaban J connectivity index is 2.09. The van der Waals surface area contributed by atoms with Gasteiger partial charge in [-0.25, -0.2) is 8.42 Å². The number of amides is 2. The highest BCUT2D eigenvalue weighted by Gasteiger charge is 2.33. The largest absolute Gasteiger partial charge is 0.492 e. The molecule has 0 saturated carbocycles. The number of carbonyl (C=O) groups is 2. The van der Waals surface area contributed by atoms with Crippen LogP contribution in [-0.4, -0.2) is 50.9 Å². The van der Waals surface area contributed by atoms with Gasteiger partial charge < -0.3 is 15.0 Å². The molecule has 0 bridgehead atoms. The Morgan fingerprint density at radius 1 is 0.975 bits per heavy atom. The number of benzene rings is 3. The van der Waals surface area contributed by atoms with Crippen LogP contribution in [0.15, 0.2) is 71.6 Å². The number of halogens is 2. The van der Waals surface area contributed by atoms with Crippen LogP contribution in [0.1, 0.15) is 31.9 Å². The van der Waals surface area contributed by atoms with Crippen molar-refractivity contribution >= 4 is 50.7 Å². The second-order valence-corrected chi connectivity index (χ2v) is 11.7.